The van der Waals surface area contributed by atoms with Gasteiger partial charge in [-0.1, -0.05) is 6.07 Å². The third kappa shape index (κ3) is 3.41. The fourth-order valence-electron chi connectivity index (χ4n) is 1.19. The number of esters is 1. The van der Waals surface area contributed by atoms with Gasteiger partial charge in [0.15, 0.2) is 0 Å². The predicted molar refractivity (Wildman–Crippen MR) is 60.0 cm³/mol. The second kappa shape index (κ2) is 5.01. The number of ether oxygens (including phenoxy) is 1. The van der Waals surface area contributed by atoms with Crippen molar-refractivity contribution in [2.75, 3.05) is 0 Å². The van der Waals surface area contributed by atoms with Crippen LogP contribution in [0.2, 0.25) is 0 Å². The molecule has 0 spiro atoms. The van der Waals surface area contributed by atoms with Gasteiger partial charge in [-0.2, -0.15) is 0 Å². The largest absolute Gasteiger partial charge is 0.459 e. The molecule has 0 atom stereocenters. The molecule has 0 radical (unpaired) electrons. The lowest BCUT2D eigenvalue weighted by atomic mass is 10.2. The maximum Gasteiger partial charge on any atom is 0.339 e. The fraction of sp³-hybridized carbons (Fsp3) is 0.300. The van der Waals surface area contributed by atoms with E-state index in [-0.39, 0.29) is 0 Å². The topological polar surface area (TPSA) is 60.4 Å². The molecule has 0 aliphatic carbocycles. The van der Waals surface area contributed by atoms with Crippen molar-refractivity contribution in [1.29, 1.82) is 0 Å². The van der Waals surface area contributed by atoms with Crippen LogP contribution in [0.15, 0.2) is 23.1 Å². The first-order valence-corrected chi connectivity index (χ1v) is 6.98. The number of hydrogen-bond acceptors (Lipinski definition) is 4. The summed E-state index contributed by atoms with van der Waals surface area (Å²) in [6.07, 6.45) is -0.448. The Morgan fingerprint density at radius 2 is 2.00 bits per heavy atom. The highest BCUT2D eigenvalue weighted by molar-refractivity contribution is 8.13. The molecule has 1 aromatic carbocycles. The van der Waals surface area contributed by atoms with Crippen LogP contribution < -0.4 is 0 Å². The van der Waals surface area contributed by atoms with Crippen molar-refractivity contribution < 1.29 is 22.3 Å². The van der Waals surface area contributed by atoms with Crippen molar-refractivity contribution in [3.05, 3.63) is 29.6 Å². The Morgan fingerprint density at radius 1 is 1.41 bits per heavy atom. The van der Waals surface area contributed by atoms with Gasteiger partial charge in [0, 0.05) is 10.7 Å². The molecule has 4 nitrogen and oxygen atoms in total. The molecule has 7 heteroatoms. The maximum absolute atomic E-state index is 13.4. The average Bonchev–Trinajstić information content (AvgIpc) is 2.14. The molecule has 0 unspecified atom stereocenters. The highest BCUT2D eigenvalue weighted by Gasteiger charge is 2.26. The Bertz CT molecular complexity index is 539. The van der Waals surface area contributed by atoms with Gasteiger partial charge in [-0.15, -0.1) is 0 Å². The zero-order valence-electron chi connectivity index (χ0n) is 9.11. The molecular weight excluding hydrogens is 271 g/mol. The van der Waals surface area contributed by atoms with E-state index in [2.05, 4.69) is 0 Å². The summed E-state index contributed by atoms with van der Waals surface area (Å²) >= 11 is 0. The van der Waals surface area contributed by atoms with Crippen LogP contribution in [-0.4, -0.2) is 20.5 Å². The second-order valence-electron chi connectivity index (χ2n) is 3.51. The van der Waals surface area contributed by atoms with Crippen molar-refractivity contribution in [3.8, 4) is 0 Å². The van der Waals surface area contributed by atoms with Crippen LogP contribution in [-0.2, 0) is 13.8 Å². The molecule has 0 N–H and O–H groups in total. The lowest BCUT2D eigenvalue weighted by molar-refractivity contribution is 0.0372. The Balaban J connectivity index is 3.35. The van der Waals surface area contributed by atoms with Gasteiger partial charge in [0.1, 0.15) is 10.7 Å². The molecule has 1 rings (SSSR count). The van der Waals surface area contributed by atoms with E-state index >= 15 is 0 Å². The summed E-state index contributed by atoms with van der Waals surface area (Å²) in [7, 11) is 0.725. The number of benzene rings is 1. The quantitative estimate of drug-likeness (QED) is 0.630. The van der Waals surface area contributed by atoms with E-state index < -0.39 is 37.4 Å². The van der Waals surface area contributed by atoms with E-state index in [1.165, 1.54) is 6.07 Å². The van der Waals surface area contributed by atoms with Crippen LogP contribution in [0.25, 0.3) is 0 Å². The molecule has 0 saturated carbocycles. The summed E-state index contributed by atoms with van der Waals surface area (Å²) in [6, 6.07) is 3.25. The van der Waals surface area contributed by atoms with Gasteiger partial charge in [-0.05, 0) is 26.0 Å². The number of carbonyl (C=O) groups excluding carboxylic acids is 1. The third-order valence-corrected chi connectivity index (χ3v) is 3.14. The number of carbonyl (C=O) groups is 1. The first-order chi connectivity index (χ1) is 7.73. The lowest BCUT2D eigenvalue weighted by Gasteiger charge is -2.10. The summed E-state index contributed by atoms with van der Waals surface area (Å²) in [5, 5.41) is 0. The molecule has 0 amide bonds. The molecule has 1 aromatic rings. The highest BCUT2D eigenvalue weighted by atomic mass is 35.7. The van der Waals surface area contributed by atoms with Gasteiger partial charge >= 0.3 is 5.97 Å². The number of rotatable bonds is 3. The Hall–Kier alpha value is -1.14. The smallest absolute Gasteiger partial charge is 0.339 e. The minimum absolute atomic E-state index is 0.409. The molecule has 17 heavy (non-hydrogen) atoms. The van der Waals surface area contributed by atoms with Crippen LogP contribution in [0, 0.1) is 5.82 Å². The molecule has 0 aliphatic heterocycles. The van der Waals surface area contributed by atoms with Gasteiger partial charge in [0.2, 0.25) is 0 Å². The van der Waals surface area contributed by atoms with Crippen molar-refractivity contribution in [2.45, 2.75) is 24.8 Å². The van der Waals surface area contributed by atoms with E-state index in [1.807, 2.05) is 0 Å². The SMILES string of the molecule is CC(C)OC(=O)c1cccc(F)c1S(=O)(=O)Cl. The summed E-state index contributed by atoms with van der Waals surface area (Å²) in [4.78, 5) is 10.7. The summed E-state index contributed by atoms with van der Waals surface area (Å²) in [6.45, 7) is 3.18. The zero-order valence-corrected chi connectivity index (χ0v) is 10.7. The van der Waals surface area contributed by atoms with E-state index in [0.717, 1.165) is 12.1 Å². The summed E-state index contributed by atoms with van der Waals surface area (Å²) in [5.74, 6) is -2.02. The standard InChI is InChI=1S/C10H10ClFO4S/c1-6(2)16-10(13)7-4-3-5-8(12)9(7)17(11,14)15/h3-6H,1-2H3. The summed E-state index contributed by atoms with van der Waals surface area (Å²) in [5.41, 5.74) is -0.409. The normalized spacial score (nSPS) is 11.6. The van der Waals surface area contributed by atoms with Gasteiger partial charge in [-0.3, -0.25) is 0 Å². The molecule has 94 valence electrons. The minimum Gasteiger partial charge on any atom is -0.459 e. The van der Waals surface area contributed by atoms with Crippen LogP contribution in [0.3, 0.4) is 0 Å². The maximum atomic E-state index is 13.4. The lowest BCUT2D eigenvalue weighted by Crippen LogP contribution is -2.15. The van der Waals surface area contributed by atoms with Crippen LogP contribution in [0.4, 0.5) is 4.39 Å². The summed E-state index contributed by atoms with van der Waals surface area (Å²) < 4.78 is 40.5. The van der Waals surface area contributed by atoms with Crippen LogP contribution in [0.1, 0.15) is 24.2 Å². The monoisotopic (exact) mass is 280 g/mol. The van der Waals surface area contributed by atoms with E-state index in [9.17, 15) is 17.6 Å². The van der Waals surface area contributed by atoms with Gasteiger partial charge in [-0.25, -0.2) is 17.6 Å². The van der Waals surface area contributed by atoms with Crippen LogP contribution in [0.5, 0.6) is 0 Å². The Morgan fingerprint density at radius 3 is 2.47 bits per heavy atom. The molecule has 0 bridgehead atoms. The van der Waals surface area contributed by atoms with Crippen molar-refractivity contribution in [3.63, 3.8) is 0 Å². The molecule has 0 aliphatic rings. The Kier molecular flexibility index (Phi) is 4.11. The molecular formula is C10H10ClFO4S. The van der Waals surface area contributed by atoms with Crippen molar-refractivity contribution in [2.24, 2.45) is 0 Å². The Labute approximate surface area is 103 Å². The molecule has 0 heterocycles. The third-order valence-electron chi connectivity index (χ3n) is 1.77. The van der Waals surface area contributed by atoms with E-state index in [0.29, 0.717) is 0 Å². The van der Waals surface area contributed by atoms with Crippen LogP contribution >= 0.6 is 10.7 Å². The average molecular weight is 281 g/mol. The fourth-order valence-corrected chi connectivity index (χ4v) is 2.38. The first kappa shape index (κ1) is 13.9. The van der Waals surface area contributed by atoms with Gasteiger partial charge < -0.3 is 4.74 Å². The molecule has 0 aromatic heterocycles. The van der Waals surface area contributed by atoms with E-state index in [4.69, 9.17) is 15.4 Å². The zero-order chi connectivity index (χ0) is 13.2. The van der Waals surface area contributed by atoms with E-state index in [1.54, 1.807) is 13.8 Å². The second-order valence-corrected chi connectivity index (χ2v) is 6.01. The first-order valence-electron chi connectivity index (χ1n) is 4.67. The number of halogens is 2. The van der Waals surface area contributed by atoms with Crippen molar-refractivity contribution >= 4 is 25.7 Å². The van der Waals surface area contributed by atoms with Gasteiger partial charge in [0.05, 0.1) is 11.7 Å². The van der Waals surface area contributed by atoms with Gasteiger partial charge in [0.25, 0.3) is 9.05 Å². The number of hydrogen-bond donors (Lipinski definition) is 0. The minimum atomic E-state index is -4.35. The molecule has 0 saturated heterocycles. The highest BCUT2D eigenvalue weighted by Crippen LogP contribution is 2.24. The van der Waals surface area contributed by atoms with Crippen molar-refractivity contribution in [1.82, 2.24) is 0 Å². The predicted octanol–water partition coefficient (Wildman–Crippen LogP) is 2.32. The molecule has 0 fully saturated rings.